The van der Waals surface area contributed by atoms with E-state index >= 15 is 0 Å². The summed E-state index contributed by atoms with van der Waals surface area (Å²) in [6, 6.07) is -3.01. The Hall–Kier alpha value is -2.04. The molecule has 152 valence electrons. The van der Waals surface area contributed by atoms with E-state index in [1.54, 1.807) is 27.8 Å². The number of rotatable bonds is 7. The van der Waals surface area contributed by atoms with Crippen LogP contribution in [-0.2, 0) is 28.7 Å². The maximum absolute atomic E-state index is 12.9. The van der Waals surface area contributed by atoms with Gasteiger partial charge in [-0.25, -0.2) is 0 Å². The fourth-order valence-corrected chi connectivity index (χ4v) is 2.88. The molecule has 2 saturated heterocycles. The lowest BCUT2D eigenvalue weighted by molar-refractivity contribution is -0.176. The fraction of sp³-hybridized carbons (Fsp3) is 0.765. The van der Waals surface area contributed by atoms with Crippen molar-refractivity contribution >= 4 is 23.5 Å². The average Bonchev–Trinajstić information content (AvgIpc) is 3.00. The van der Waals surface area contributed by atoms with E-state index in [1.807, 2.05) is 0 Å². The number of ether oxygens (including phenoxy) is 2. The molecule has 2 aliphatic heterocycles. The van der Waals surface area contributed by atoms with Gasteiger partial charge < -0.3 is 30.3 Å². The standard InChI is InChI=1S/C17H28N4O6/c1-8(11(4)22)19-15(24)13-17-26-7-12(27-17)6-21(13)16(25)10(3)20-14(23)9(2)18-5/h8-10,12-13,17-18H,6-7H2,1-5H3,(H,19,24)(H,20,23)/t8-,9-,10-,12?,13?,17?/m0/s1. The number of fused-ring (bicyclic) bond motifs is 2. The number of carbonyl (C=O) groups excluding carboxylic acids is 4. The minimum Gasteiger partial charge on any atom is -0.347 e. The molecule has 0 aromatic heterocycles. The molecule has 0 aromatic rings. The predicted molar refractivity (Wildman–Crippen MR) is 94.5 cm³/mol. The van der Waals surface area contributed by atoms with E-state index in [2.05, 4.69) is 16.0 Å². The van der Waals surface area contributed by atoms with Crippen LogP contribution in [0, 0.1) is 0 Å². The topological polar surface area (TPSA) is 126 Å². The molecule has 3 unspecified atom stereocenters. The van der Waals surface area contributed by atoms with Gasteiger partial charge in [0.05, 0.1) is 25.2 Å². The van der Waals surface area contributed by atoms with Gasteiger partial charge in [-0.1, -0.05) is 0 Å². The normalized spacial score (nSPS) is 27.4. The van der Waals surface area contributed by atoms with Gasteiger partial charge in [0.2, 0.25) is 17.7 Å². The molecule has 3 amide bonds. The van der Waals surface area contributed by atoms with Crippen LogP contribution in [0.15, 0.2) is 0 Å². The number of morpholine rings is 1. The molecular formula is C17H28N4O6. The molecular weight excluding hydrogens is 356 g/mol. The van der Waals surface area contributed by atoms with Crippen molar-refractivity contribution < 1.29 is 28.7 Å². The van der Waals surface area contributed by atoms with Gasteiger partial charge in [-0.2, -0.15) is 0 Å². The quantitative estimate of drug-likeness (QED) is 0.470. The Bertz CT molecular complexity index is 612. The zero-order valence-electron chi connectivity index (χ0n) is 16.3. The lowest BCUT2D eigenvalue weighted by Gasteiger charge is -2.39. The van der Waals surface area contributed by atoms with E-state index in [0.717, 1.165) is 0 Å². The zero-order chi connectivity index (χ0) is 20.3. The minimum absolute atomic E-state index is 0.170. The number of likely N-dealkylation sites (N-methyl/N-ethyl adjacent to an activating group) is 1. The van der Waals surface area contributed by atoms with Crippen molar-refractivity contribution in [2.45, 2.75) is 64.3 Å². The van der Waals surface area contributed by atoms with E-state index in [1.165, 1.54) is 11.8 Å². The molecule has 0 aliphatic carbocycles. The van der Waals surface area contributed by atoms with Gasteiger partial charge >= 0.3 is 0 Å². The Balaban J connectivity index is 2.13. The highest BCUT2D eigenvalue weighted by molar-refractivity contribution is 5.95. The number of carbonyl (C=O) groups is 4. The van der Waals surface area contributed by atoms with E-state index in [0.29, 0.717) is 0 Å². The summed E-state index contributed by atoms with van der Waals surface area (Å²) in [5.74, 6) is -1.47. The Morgan fingerprint density at radius 3 is 2.30 bits per heavy atom. The molecule has 2 aliphatic rings. The van der Waals surface area contributed by atoms with Crippen LogP contribution in [0.1, 0.15) is 27.7 Å². The third kappa shape index (κ3) is 4.82. The van der Waals surface area contributed by atoms with E-state index in [9.17, 15) is 19.2 Å². The van der Waals surface area contributed by atoms with Gasteiger partial charge in [0, 0.05) is 0 Å². The summed E-state index contributed by atoms with van der Waals surface area (Å²) in [4.78, 5) is 50.5. The van der Waals surface area contributed by atoms with Gasteiger partial charge in [-0.05, 0) is 34.7 Å². The first-order valence-corrected chi connectivity index (χ1v) is 9.01. The SMILES string of the molecule is CN[C@@H](C)C(=O)N[C@@H](C)C(=O)N1CC2COC(O2)C1C(=O)N[C@@H](C)C(C)=O. The number of amides is 3. The van der Waals surface area contributed by atoms with Crippen LogP contribution in [0.25, 0.3) is 0 Å². The summed E-state index contributed by atoms with van der Waals surface area (Å²) < 4.78 is 11.1. The van der Waals surface area contributed by atoms with Crippen molar-refractivity contribution in [2.24, 2.45) is 0 Å². The number of Topliss-reactive ketones (excluding diaryl/α,β-unsaturated/α-hetero) is 1. The summed E-state index contributed by atoms with van der Waals surface area (Å²) >= 11 is 0. The first-order valence-electron chi connectivity index (χ1n) is 9.01. The fourth-order valence-electron chi connectivity index (χ4n) is 2.88. The summed E-state index contributed by atoms with van der Waals surface area (Å²) in [6.07, 6.45) is -1.22. The van der Waals surface area contributed by atoms with Crippen LogP contribution in [0.3, 0.4) is 0 Å². The Labute approximate surface area is 158 Å². The van der Waals surface area contributed by atoms with Gasteiger partial charge in [-0.3, -0.25) is 19.2 Å². The Morgan fingerprint density at radius 1 is 1.04 bits per heavy atom. The van der Waals surface area contributed by atoms with Crippen LogP contribution < -0.4 is 16.0 Å². The smallest absolute Gasteiger partial charge is 0.248 e. The monoisotopic (exact) mass is 384 g/mol. The molecule has 0 aromatic carbocycles. The first-order chi connectivity index (χ1) is 12.6. The zero-order valence-corrected chi connectivity index (χ0v) is 16.3. The van der Waals surface area contributed by atoms with Crippen molar-refractivity contribution in [3.05, 3.63) is 0 Å². The van der Waals surface area contributed by atoms with Crippen molar-refractivity contribution in [1.29, 1.82) is 0 Å². The molecule has 0 saturated carbocycles. The third-order valence-corrected chi connectivity index (χ3v) is 4.84. The molecule has 2 heterocycles. The predicted octanol–water partition coefficient (Wildman–Crippen LogP) is -1.85. The summed E-state index contributed by atoms with van der Waals surface area (Å²) in [5, 5.41) is 8.02. The van der Waals surface area contributed by atoms with Crippen LogP contribution >= 0.6 is 0 Å². The summed E-state index contributed by atoms with van der Waals surface area (Å²) in [5.41, 5.74) is 0. The summed E-state index contributed by atoms with van der Waals surface area (Å²) in [6.45, 7) is 6.62. The van der Waals surface area contributed by atoms with Crippen molar-refractivity contribution in [2.75, 3.05) is 20.2 Å². The van der Waals surface area contributed by atoms with Crippen molar-refractivity contribution in [3.8, 4) is 0 Å². The molecule has 10 nitrogen and oxygen atoms in total. The molecule has 27 heavy (non-hydrogen) atoms. The first kappa shape index (κ1) is 21.3. The van der Waals surface area contributed by atoms with Crippen LogP contribution in [0.2, 0.25) is 0 Å². The number of nitrogens with zero attached hydrogens (tertiary/aromatic N) is 1. The highest BCUT2D eigenvalue weighted by Gasteiger charge is 2.49. The number of hydrogen-bond acceptors (Lipinski definition) is 7. The highest BCUT2D eigenvalue weighted by Crippen LogP contribution is 2.26. The third-order valence-electron chi connectivity index (χ3n) is 4.84. The van der Waals surface area contributed by atoms with E-state index < -0.39 is 42.3 Å². The molecule has 2 fully saturated rings. The molecule has 6 atom stereocenters. The van der Waals surface area contributed by atoms with E-state index in [-0.39, 0.29) is 30.9 Å². The number of ketones is 1. The molecule has 2 bridgehead atoms. The van der Waals surface area contributed by atoms with Gasteiger partial charge in [0.15, 0.2) is 18.1 Å². The van der Waals surface area contributed by atoms with Crippen LogP contribution in [0.5, 0.6) is 0 Å². The number of hydrogen-bond donors (Lipinski definition) is 3. The molecule has 3 N–H and O–H groups in total. The van der Waals surface area contributed by atoms with Crippen molar-refractivity contribution in [1.82, 2.24) is 20.9 Å². The van der Waals surface area contributed by atoms with Gasteiger partial charge in [0.25, 0.3) is 0 Å². The second-order valence-corrected chi connectivity index (χ2v) is 6.98. The number of nitrogens with one attached hydrogen (secondary N) is 3. The van der Waals surface area contributed by atoms with Gasteiger partial charge in [-0.15, -0.1) is 0 Å². The maximum Gasteiger partial charge on any atom is 0.248 e. The second kappa shape index (κ2) is 8.77. The molecule has 10 heteroatoms. The Morgan fingerprint density at radius 2 is 1.70 bits per heavy atom. The minimum atomic E-state index is -1.03. The molecule has 2 rings (SSSR count). The van der Waals surface area contributed by atoms with Crippen LogP contribution in [0.4, 0.5) is 0 Å². The second-order valence-electron chi connectivity index (χ2n) is 6.98. The molecule has 0 spiro atoms. The van der Waals surface area contributed by atoms with E-state index in [4.69, 9.17) is 9.47 Å². The summed E-state index contributed by atoms with van der Waals surface area (Å²) in [7, 11) is 1.64. The lowest BCUT2D eigenvalue weighted by atomic mass is 10.1. The van der Waals surface area contributed by atoms with Crippen molar-refractivity contribution in [3.63, 3.8) is 0 Å². The highest BCUT2D eigenvalue weighted by atomic mass is 16.7. The lowest BCUT2D eigenvalue weighted by Crippen LogP contribution is -2.64. The van der Waals surface area contributed by atoms with Crippen LogP contribution in [-0.4, -0.2) is 85.2 Å². The molecule has 0 radical (unpaired) electrons. The maximum atomic E-state index is 12.9. The van der Waals surface area contributed by atoms with Gasteiger partial charge in [0.1, 0.15) is 12.1 Å². The Kier molecular flexibility index (Phi) is 6.90. The average molecular weight is 384 g/mol. The largest absolute Gasteiger partial charge is 0.347 e.